The van der Waals surface area contributed by atoms with Gasteiger partial charge in [0.2, 0.25) is 5.91 Å². The van der Waals surface area contributed by atoms with Gasteiger partial charge < -0.3 is 20.3 Å². The summed E-state index contributed by atoms with van der Waals surface area (Å²) in [5, 5.41) is 0. The minimum atomic E-state index is -3.27. The fourth-order valence-corrected chi connectivity index (χ4v) is 6.71. The highest BCUT2D eigenvalue weighted by molar-refractivity contribution is 7.90. The lowest BCUT2D eigenvalue weighted by molar-refractivity contribution is -0.133. The van der Waals surface area contributed by atoms with Crippen molar-refractivity contribution in [1.82, 2.24) is 9.80 Å². The number of hydrogen-bond acceptors (Lipinski definition) is 7. The maximum Gasteiger partial charge on any atom is 0.338 e. The Morgan fingerprint density at radius 2 is 1.64 bits per heavy atom. The molecule has 242 valence electrons. The molecule has 0 bridgehead atoms. The van der Waals surface area contributed by atoms with Gasteiger partial charge in [0.15, 0.2) is 9.84 Å². The van der Waals surface area contributed by atoms with Gasteiger partial charge in [0.05, 0.1) is 16.9 Å². The van der Waals surface area contributed by atoms with E-state index in [1.54, 1.807) is 36.4 Å². The number of nitrogens with zero attached hydrogens (tertiary/aromatic N) is 2. The van der Waals surface area contributed by atoms with Gasteiger partial charge >= 0.3 is 5.97 Å². The Hall–Kier alpha value is -3.69. The minimum absolute atomic E-state index is 0.0671. The van der Waals surface area contributed by atoms with Crippen LogP contribution in [0.15, 0.2) is 77.7 Å². The number of nitrogens with two attached hydrogens (primary N) is 1. The second kappa shape index (κ2) is 14.6. The summed E-state index contributed by atoms with van der Waals surface area (Å²) in [5.74, 6) is -0.249. The molecule has 1 aliphatic heterocycles. The van der Waals surface area contributed by atoms with Crippen LogP contribution in [0.1, 0.15) is 79.9 Å². The van der Waals surface area contributed by atoms with Gasteiger partial charge in [-0.3, -0.25) is 4.79 Å². The topological polar surface area (TPSA) is 110 Å². The summed E-state index contributed by atoms with van der Waals surface area (Å²) in [4.78, 5) is 30.6. The third-order valence-electron chi connectivity index (χ3n) is 8.40. The van der Waals surface area contributed by atoms with E-state index < -0.39 is 15.4 Å². The first-order valence-electron chi connectivity index (χ1n) is 15.7. The zero-order chi connectivity index (χ0) is 32.8. The van der Waals surface area contributed by atoms with Crippen molar-refractivity contribution >= 4 is 27.4 Å². The number of piperidine rings is 1. The average molecular weight is 634 g/mol. The number of carbonyl (C=O) groups is 2. The molecule has 1 aliphatic rings. The lowest BCUT2D eigenvalue weighted by Gasteiger charge is -2.38. The van der Waals surface area contributed by atoms with Crippen molar-refractivity contribution in [1.29, 1.82) is 0 Å². The molecule has 1 amide bonds. The van der Waals surface area contributed by atoms with Crippen molar-refractivity contribution in [2.45, 2.75) is 75.8 Å². The summed E-state index contributed by atoms with van der Waals surface area (Å²) in [6, 6.07) is 22.6. The Morgan fingerprint density at radius 3 is 2.20 bits per heavy atom. The van der Waals surface area contributed by atoms with Crippen LogP contribution < -0.4 is 5.73 Å². The second-order valence-electron chi connectivity index (χ2n) is 12.9. The van der Waals surface area contributed by atoms with Gasteiger partial charge in [0, 0.05) is 43.5 Å². The molecule has 0 aromatic heterocycles. The minimum Gasteiger partial charge on any atom is -0.456 e. The number of amides is 1. The third-order valence-corrected chi connectivity index (χ3v) is 9.53. The van der Waals surface area contributed by atoms with Crippen LogP contribution in [0.4, 0.5) is 5.69 Å². The van der Waals surface area contributed by atoms with Crippen molar-refractivity contribution in [3.63, 3.8) is 0 Å². The fourth-order valence-electron chi connectivity index (χ4n) is 6.08. The summed E-state index contributed by atoms with van der Waals surface area (Å²) in [6.07, 6.45) is 4.10. The van der Waals surface area contributed by atoms with Gasteiger partial charge in [-0.15, -0.1) is 0 Å². The van der Waals surface area contributed by atoms with Crippen LogP contribution in [0.5, 0.6) is 0 Å². The van der Waals surface area contributed by atoms with E-state index in [0.717, 1.165) is 50.0 Å². The second-order valence-corrected chi connectivity index (χ2v) is 15.0. The molecule has 1 unspecified atom stereocenters. The number of carbonyl (C=O) groups excluding carboxylic acids is 2. The number of hydrogen-bond donors (Lipinski definition) is 1. The van der Waals surface area contributed by atoms with Crippen LogP contribution in [0.25, 0.3) is 0 Å². The highest BCUT2D eigenvalue weighted by atomic mass is 32.2. The van der Waals surface area contributed by atoms with E-state index in [2.05, 4.69) is 17.0 Å². The Labute approximate surface area is 268 Å². The number of likely N-dealkylation sites (N-methyl/N-ethyl adjacent to an activating group) is 1. The van der Waals surface area contributed by atoms with E-state index in [1.165, 1.54) is 11.8 Å². The SMILES string of the molecule is CCN(C(=O)Cc1ccc(S(C)(=O)=O)cc1)C1CCN(CCC(c2ccccc2)c2ccc(C(=O)OC(C)(C)C)cc2N)CC1. The molecule has 4 rings (SSSR count). The summed E-state index contributed by atoms with van der Waals surface area (Å²) >= 11 is 0. The number of anilines is 1. The van der Waals surface area contributed by atoms with Gasteiger partial charge in [-0.2, -0.15) is 0 Å². The van der Waals surface area contributed by atoms with E-state index >= 15 is 0 Å². The van der Waals surface area contributed by atoms with Crippen molar-refractivity contribution in [2.24, 2.45) is 0 Å². The van der Waals surface area contributed by atoms with Gasteiger partial charge in [-0.1, -0.05) is 48.5 Å². The van der Waals surface area contributed by atoms with E-state index in [4.69, 9.17) is 10.5 Å². The molecule has 0 spiro atoms. The molecule has 1 saturated heterocycles. The maximum atomic E-state index is 13.3. The number of esters is 1. The van der Waals surface area contributed by atoms with Crippen LogP contribution >= 0.6 is 0 Å². The molecule has 45 heavy (non-hydrogen) atoms. The summed E-state index contributed by atoms with van der Waals surface area (Å²) in [5.41, 5.74) is 9.99. The van der Waals surface area contributed by atoms with Crippen LogP contribution in [0, 0.1) is 0 Å². The highest BCUT2D eigenvalue weighted by Crippen LogP contribution is 2.33. The van der Waals surface area contributed by atoms with Crippen molar-refractivity contribution < 1.29 is 22.7 Å². The largest absolute Gasteiger partial charge is 0.456 e. The van der Waals surface area contributed by atoms with Gasteiger partial charge in [-0.25, -0.2) is 13.2 Å². The molecule has 1 heterocycles. The normalized spacial score (nSPS) is 15.4. The zero-order valence-electron chi connectivity index (χ0n) is 27.2. The van der Waals surface area contributed by atoms with E-state index in [1.807, 2.05) is 56.9 Å². The highest BCUT2D eigenvalue weighted by Gasteiger charge is 2.28. The monoisotopic (exact) mass is 633 g/mol. The molecular weight excluding hydrogens is 586 g/mol. The average Bonchev–Trinajstić information content (AvgIpc) is 2.98. The van der Waals surface area contributed by atoms with E-state index in [0.29, 0.717) is 17.8 Å². The Morgan fingerprint density at radius 1 is 1.00 bits per heavy atom. The number of benzene rings is 3. The molecule has 1 atom stereocenters. The molecule has 0 saturated carbocycles. The fraction of sp³-hybridized carbons (Fsp3) is 0.444. The molecule has 9 heteroatoms. The van der Waals surface area contributed by atoms with Gasteiger partial charge in [0.1, 0.15) is 5.60 Å². The van der Waals surface area contributed by atoms with Crippen LogP contribution in [-0.2, 0) is 25.8 Å². The molecule has 3 aromatic carbocycles. The lowest BCUT2D eigenvalue weighted by Crippen LogP contribution is -2.48. The standard InChI is InChI=1S/C36H47N3O5S/c1-6-39(34(40)24-26-12-15-30(16-13-26)45(5,42)43)29-18-21-38(22-19-29)23-20-31(27-10-8-7-9-11-27)32-17-14-28(25-33(32)37)35(41)44-36(2,3)4/h7-17,25,29,31H,6,18-24,37H2,1-5H3. The number of sulfone groups is 1. The molecule has 2 N–H and O–H groups in total. The third kappa shape index (κ3) is 9.41. The Bertz CT molecular complexity index is 1560. The van der Waals surface area contributed by atoms with Crippen LogP contribution in [-0.4, -0.2) is 74.2 Å². The van der Waals surface area contributed by atoms with Crippen molar-refractivity contribution in [3.05, 3.63) is 95.1 Å². The molecule has 0 aliphatic carbocycles. The molecule has 8 nitrogen and oxygen atoms in total. The molecule has 1 fully saturated rings. The number of ether oxygens (including phenoxy) is 1. The van der Waals surface area contributed by atoms with E-state index in [9.17, 15) is 18.0 Å². The first-order valence-corrected chi connectivity index (χ1v) is 17.6. The number of rotatable bonds is 11. The zero-order valence-corrected chi connectivity index (χ0v) is 28.0. The first-order chi connectivity index (χ1) is 21.2. The smallest absolute Gasteiger partial charge is 0.338 e. The lowest BCUT2D eigenvalue weighted by atomic mass is 9.86. The van der Waals surface area contributed by atoms with Crippen LogP contribution in [0.2, 0.25) is 0 Å². The van der Waals surface area contributed by atoms with E-state index in [-0.39, 0.29) is 35.2 Å². The molecule has 0 radical (unpaired) electrons. The number of nitrogen functional groups attached to an aromatic ring is 1. The molecular formula is C36H47N3O5S. The van der Waals surface area contributed by atoms with Crippen molar-refractivity contribution in [3.8, 4) is 0 Å². The van der Waals surface area contributed by atoms with Gasteiger partial charge in [0.25, 0.3) is 0 Å². The van der Waals surface area contributed by atoms with Gasteiger partial charge in [-0.05, 0) is 94.5 Å². The first kappa shape index (κ1) is 34.2. The Kier molecular flexibility index (Phi) is 11.1. The summed E-state index contributed by atoms with van der Waals surface area (Å²) in [6.45, 7) is 10.9. The summed E-state index contributed by atoms with van der Waals surface area (Å²) < 4.78 is 29.1. The van der Waals surface area contributed by atoms with Crippen molar-refractivity contribution in [2.75, 3.05) is 38.2 Å². The molecule has 3 aromatic rings. The predicted octanol–water partition coefficient (Wildman–Crippen LogP) is 5.71. The predicted molar refractivity (Wildman–Crippen MR) is 179 cm³/mol. The summed E-state index contributed by atoms with van der Waals surface area (Å²) in [7, 11) is -3.27. The maximum absolute atomic E-state index is 13.3. The number of likely N-dealkylation sites (tertiary alicyclic amines) is 1. The quantitative estimate of drug-likeness (QED) is 0.213. The Balaban J connectivity index is 1.38. The van der Waals surface area contributed by atoms with Crippen LogP contribution in [0.3, 0.4) is 0 Å².